The molecule has 9 nitrogen and oxygen atoms in total. The van der Waals surface area contributed by atoms with E-state index >= 15 is 0 Å². The summed E-state index contributed by atoms with van der Waals surface area (Å²) in [5.41, 5.74) is -0.434. The lowest BCUT2D eigenvalue weighted by Crippen LogP contribution is -2.52. The molecule has 14 heteroatoms. The third kappa shape index (κ3) is 5.21. The molecule has 2 aliphatic rings. The maximum atomic E-state index is 14.4. The molecule has 0 radical (unpaired) electrons. The molecule has 5 rings (SSSR count). The number of halogens is 3. The molecule has 214 valence electrons. The van der Waals surface area contributed by atoms with Crippen molar-refractivity contribution in [1.82, 2.24) is 0 Å². The number of carbonyl (C=O) groups is 2. The van der Waals surface area contributed by atoms with Crippen LogP contribution in [0.5, 0.6) is 0 Å². The summed E-state index contributed by atoms with van der Waals surface area (Å²) < 4.78 is 77.2. The normalized spacial score (nSPS) is 23.8. The van der Waals surface area contributed by atoms with Gasteiger partial charge < -0.3 is 9.84 Å². The second-order valence-electron chi connectivity index (χ2n) is 10.0. The summed E-state index contributed by atoms with van der Waals surface area (Å²) in [6.07, 6.45) is 0.940. The van der Waals surface area contributed by atoms with Crippen molar-refractivity contribution >= 4 is 63.2 Å². The molecule has 41 heavy (non-hydrogen) atoms. The molecule has 3 aromatic rings. The maximum absolute atomic E-state index is 14.4. The van der Waals surface area contributed by atoms with Crippen LogP contribution in [-0.2, 0) is 35.7 Å². The van der Waals surface area contributed by atoms with Gasteiger partial charge in [-0.05, 0) is 66.9 Å². The van der Waals surface area contributed by atoms with E-state index in [1.165, 1.54) is 36.4 Å². The number of rotatable bonds is 6. The van der Waals surface area contributed by atoms with Gasteiger partial charge in [0.25, 0.3) is 0 Å². The predicted molar refractivity (Wildman–Crippen MR) is 152 cm³/mol. The molecule has 0 saturated carbocycles. The van der Waals surface area contributed by atoms with Gasteiger partial charge in [0.15, 0.2) is 11.6 Å². The smallest absolute Gasteiger partial charge is 0.342 e. The minimum Gasteiger partial charge on any atom is -0.342 e. The third-order valence-electron chi connectivity index (χ3n) is 7.08. The van der Waals surface area contributed by atoms with E-state index in [1.807, 2.05) is 0 Å². The summed E-state index contributed by atoms with van der Waals surface area (Å²) in [4.78, 5) is 28.0. The zero-order chi connectivity index (χ0) is 29.9. The summed E-state index contributed by atoms with van der Waals surface area (Å²) >= 11 is 5.97. The Balaban J connectivity index is 1.63. The van der Waals surface area contributed by atoms with Gasteiger partial charge in [0, 0.05) is 18.4 Å². The topological polar surface area (TPSA) is 131 Å². The number of amidine groups is 1. The van der Waals surface area contributed by atoms with Gasteiger partial charge in [0.2, 0.25) is 10.0 Å². The third-order valence-corrected chi connectivity index (χ3v) is 9.93. The highest BCUT2D eigenvalue weighted by atomic mass is 35.5. The van der Waals surface area contributed by atoms with Crippen LogP contribution in [0, 0.1) is 17.6 Å². The van der Waals surface area contributed by atoms with E-state index in [1.54, 1.807) is 6.92 Å². The summed E-state index contributed by atoms with van der Waals surface area (Å²) in [7, 11) is -6.64. The van der Waals surface area contributed by atoms with Crippen molar-refractivity contribution < 1.29 is 35.9 Å². The van der Waals surface area contributed by atoms with Crippen molar-refractivity contribution in [2.45, 2.75) is 18.8 Å². The Labute approximate surface area is 239 Å². The first-order valence-corrected chi connectivity index (χ1v) is 16.0. The summed E-state index contributed by atoms with van der Waals surface area (Å²) in [5, 5.41) is 2.75. The molecule has 3 aromatic carbocycles. The van der Waals surface area contributed by atoms with Crippen LogP contribution in [0.3, 0.4) is 0 Å². The molecule has 0 fully saturated rings. The molecular weight excluding hydrogens is 599 g/mol. The van der Waals surface area contributed by atoms with E-state index in [-0.39, 0.29) is 45.1 Å². The van der Waals surface area contributed by atoms with Crippen LogP contribution >= 0.6 is 19.1 Å². The van der Waals surface area contributed by atoms with Crippen LogP contribution in [-0.4, -0.2) is 39.2 Å². The zero-order valence-electron chi connectivity index (χ0n) is 21.9. The van der Waals surface area contributed by atoms with E-state index in [2.05, 4.69) is 14.8 Å². The highest BCUT2D eigenvalue weighted by molar-refractivity contribution is 7.92. The second kappa shape index (κ2) is 10.1. The molecular formula is C27H23ClF2N3O6PS. The molecule has 0 saturated heterocycles. The number of hydrogen-bond donors (Lipinski definition) is 2. The largest absolute Gasteiger partial charge is 0.348 e. The Kier molecular flexibility index (Phi) is 7.18. The van der Waals surface area contributed by atoms with E-state index in [9.17, 15) is 31.4 Å². The average molecular weight is 622 g/mol. The van der Waals surface area contributed by atoms with Crippen molar-refractivity contribution in [2.24, 2.45) is 10.7 Å². The highest BCUT2D eigenvalue weighted by Gasteiger charge is 2.52. The van der Waals surface area contributed by atoms with Crippen LogP contribution < -0.4 is 15.3 Å². The van der Waals surface area contributed by atoms with Gasteiger partial charge in [0.1, 0.15) is 23.4 Å². The molecule has 1 aliphatic carbocycles. The van der Waals surface area contributed by atoms with Gasteiger partial charge in [-0.3, -0.25) is 18.9 Å². The van der Waals surface area contributed by atoms with E-state index in [0.717, 1.165) is 31.6 Å². The number of nitrogens with one attached hydrogen (secondary N) is 2. The van der Waals surface area contributed by atoms with Gasteiger partial charge in [-0.2, -0.15) is 4.76 Å². The number of carbonyl (C=O) groups excluding carboxylic acids is 2. The Morgan fingerprint density at radius 3 is 2.51 bits per heavy atom. The van der Waals surface area contributed by atoms with Gasteiger partial charge in [-0.25, -0.2) is 17.2 Å². The van der Waals surface area contributed by atoms with Crippen molar-refractivity contribution in [3.05, 3.63) is 87.9 Å². The maximum Gasteiger partial charge on any atom is 0.348 e. The Bertz CT molecular complexity index is 1830. The first kappa shape index (κ1) is 29.1. The quantitative estimate of drug-likeness (QED) is 0.297. The lowest BCUT2D eigenvalue weighted by atomic mass is 9.63. The molecule has 0 spiro atoms. The molecule has 2 N–H and O–H groups in total. The Morgan fingerprint density at radius 1 is 1.12 bits per heavy atom. The van der Waals surface area contributed by atoms with Gasteiger partial charge in [-0.15, -0.1) is 0 Å². The molecule has 3 unspecified atom stereocenters. The van der Waals surface area contributed by atoms with Crippen LogP contribution in [0.4, 0.5) is 20.2 Å². The fourth-order valence-electron chi connectivity index (χ4n) is 5.19. The molecule has 0 amide bonds. The van der Waals surface area contributed by atoms with Gasteiger partial charge in [-0.1, -0.05) is 23.7 Å². The number of nitrogens with zero attached hydrogens (tertiary/aromatic N) is 1. The molecule has 1 aliphatic heterocycles. The van der Waals surface area contributed by atoms with E-state index in [4.69, 9.17) is 16.1 Å². The minimum absolute atomic E-state index is 0.0133. The zero-order valence-corrected chi connectivity index (χ0v) is 24.3. The number of Topliss-reactive ketones (excluding diaryl/α,β-unsaturated/α-hetero) is 2. The van der Waals surface area contributed by atoms with Crippen LogP contribution in [0.1, 0.15) is 28.4 Å². The number of ketones is 2. The van der Waals surface area contributed by atoms with E-state index in [0.29, 0.717) is 5.56 Å². The summed E-state index contributed by atoms with van der Waals surface area (Å²) in [6.45, 7) is 1.58. The second-order valence-corrected chi connectivity index (χ2v) is 14.3. The van der Waals surface area contributed by atoms with Crippen LogP contribution in [0.15, 0.2) is 59.4 Å². The molecule has 0 aromatic heterocycles. The summed E-state index contributed by atoms with van der Waals surface area (Å²) in [6, 6.07) is 11.6. The lowest BCUT2D eigenvalue weighted by molar-refractivity contribution is -0.125. The average Bonchev–Trinajstić information content (AvgIpc) is 2.89. The molecule has 3 atom stereocenters. The number of hydrogen-bond acceptors (Lipinski definition) is 7. The van der Waals surface area contributed by atoms with Crippen molar-refractivity contribution in [3.8, 4) is 0 Å². The van der Waals surface area contributed by atoms with E-state index < -0.39 is 52.1 Å². The first-order chi connectivity index (χ1) is 19.1. The fraction of sp³-hybridized carbons (Fsp3) is 0.222. The van der Waals surface area contributed by atoms with Crippen molar-refractivity contribution in [2.75, 3.05) is 23.4 Å². The van der Waals surface area contributed by atoms with Crippen LogP contribution in [0.2, 0.25) is 5.02 Å². The highest BCUT2D eigenvalue weighted by Crippen LogP contribution is 2.52. The summed E-state index contributed by atoms with van der Waals surface area (Å²) in [5.74, 6) is -4.59. The van der Waals surface area contributed by atoms with Crippen molar-refractivity contribution in [3.63, 3.8) is 0 Å². The number of benzene rings is 3. The first-order valence-electron chi connectivity index (χ1n) is 12.1. The fourth-order valence-corrected chi connectivity index (χ4v) is 7.52. The molecule has 1 heterocycles. The lowest BCUT2D eigenvalue weighted by Gasteiger charge is -2.39. The molecule has 0 bridgehead atoms. The van der Waals surface area contributed by atoms with Crippen molar-refractivity contribution in [1.29, 1.82) is 0 Å². The Morgan fingerprint density at radius 2 is 1.85 bits per heavy atom. The Hall–Kier alpha value is -3.44. The number of anilines is 2. The number of sulfonamides is 1. The predicted octanol–water partition coefficient (Wildman–Crippen LogP) is 4.86. The van der Waals surface area contributed by atoms with Crippen LogP contribution in [0.25, 0.3) is 0 Å². The number of fused-ring (bicyclic) bond motifs is 2. The van der Waals surface area contributed by atoms with Gasteiger partial charge >= 0.3 is 7.52 Å². The minimum atomic E-state index is -4.11. The van der Waals surface area contributed by atoms with Gasteiger partial charge in [0.05, 0.1) is 27.7 Å². The SMILES string of the molecule is COP1(=O)N=C(C2C(=O)c3cc(F)ccc3C(C)(Cc3ccc(F)c(Cl)c3)C2=O)Nc2ccc(NS(C)(=O)=O)cc21. The monoisotopic (exact) mass is 621 g/mol. The standard InChI is InChI=1S/C27H23ClF2N3O6PS/c1-27(13-14-4-8-20(30)19(28)10-14)18-7-5-15(29)11-17(18)24(34)23(25(27)35)26-31-21-9-6-16(33-41(3,37)38)12-22(21)40(36,32-26)39-2/h4-12,23,33H,13H2,1-3H3,(H,31,32,36).